The average Bonchev–Trinajstić information content (AvgIpc) is 2.92. The molecule has 0 radical (unpaired) electrons. The van der Waals surface area contributed by atoms with Crippen molar-refractivity contribution in [3.8, 4) is 0 Å². The Morgan fingerprint density at radius 3 is 2.89 bits per heavy atom. The molecule has 3 nitrogen and oxygen atoms in total. The third-order valence-electron chi connectivity index (χ3n) is 4.46. The standard InChI is InChI=1S/C14H19ClN2O/c15-12-2-1-3-13(10(12)6-16)17-7-9-4-5-14(18)11(9)8-17/h1-3,9,11,14,18H,4-8,16H2. The molecular formula is C14H19ClN2O. The van der Waals surface area contributed by atoms with Crippen LogP contribution in [0.15, 0.2) is 18.2 Å². The van der Waals surface area contributed by atoms with Gasteiger partial charge >= 0.3 is 0 Å². The summed E-state index contributed by atoms with van der Waals surface area (Å²) in [5.41, 5.74) is 7.97. The van der Waals surface area contributed by atoms with Gasteiger partial charge in [0.05, 0.1) is 6.10 Å². The van der Waals surface area contributed by atoms with E-state index in [0.717, 1.165) is 42.2 Å². The van der Waals surface area contributed by atoms with Crippen LogP contribution in [0.3, 0.4) is 0 Å². The molecule has 0 aromatic heterocycles. The number of benzene rings is 1. The Morgan fingerprint density at radius 2 is 2.17 bits per heavy atom. The molecule has 3 N–H and O–H groups in total. The first kappa shape index (κ1) is 12.3. The lowest BCUT2D eigenvalue weighted by molar-refractivity contribution is 0.133. The van der Waals surface area contributed by atoms with E-state index in [2.05, 4.69) is 11.0 Å². The van der Waals surface area contributed by atoms with Crippen molar-refractivity contribution in [2.24, 2.45) is 17.6 Å². The molecule has 0 bridgehead atoms. The number of hydrogen-bond donors (Lipinski definition) is 2. The van der Waals surface area contributed by atoms with Gasteiger partial charge in [-0.05, 0) is 30.9 Å². The zero-order valence-electron chi connectivity index (χ0n) is 10.3. The number of anilines is 1. The zero-order chi connectivity index (χ0) is 12.7. The SMILES string of the molecule is NCc1c(Cl)cccc1N1CC2CCC(O)C2C1. The third-order valence-corrected chi connectivity index (χ3v) is 4.81. The number of aliphatic hydroxyl groups is 1. The van der Waals surface area contributed by atoms with Crippen LogP contribution < -0.4 is 10.6 Å². The molecule has 3 atom stereocenters. The molecule has 1 saturated heterocycles. The summed E-state index contributed by atoms with van der Waals surface area (Å²) in [6.07, 6.45) is 1.98. The summed E-state index contributed by atoms with van der Waals surface area (Å²) in [6.45, 7) is 2.41. The second-order valence-electron chi connectivity index (χ2n) is 5.42. The Labute approximate surface area is 113 Å². The molecule has 2 fully saturated rings. The summed E-state index contributed by atoms with van der Waals surface area (Å²) in [5, 5.41) is 10.7. The molecule has 1 saturated carbocycles. The molecule has 1 aromatic carbocycles. The van der Waals surface area contributed by atoms with Crippen LogP contribution >= 0.6 is 11.6 Å². The van der Waals surface area contributed by atoms with E-state index in [0.29, 0.717) is 18.4 Å². The van der Waals surface area contributed by atoms with E-state index in [1.165, 1.54) is 0 Å². The minimum Gasteiger partial charge on any atom is -0.393 e. The molecule has 18 heavy (non-hydrogen) atoms. The van der Waals surface area contributed by atoms with E-state index in [4.69, 9.17) is 17.3 Å². The van der Waals surface area contributed by atoms with E-state index in [1.807, 2.05) is 12.1 Å². The Bertz CT molecular complexity index is 451. The van der Waals surface area contributed by atoms with Gasteiger partial charge in [-0.15, -0.1) is 0 Å². The Hall–Kier alpha value is -0.770. The maximum Gasteiger partial charge on any atom is 0.0588 e. The molecule has 3 unspecified atom stereocenters. The lowest BCUT2D eigenvalue weighted by Gasteiger charge is -2.23. The van der Waals surface area contributed by atoms with Crippen molar-refractivity contribution in [3.63, 3.8) is 0 Å². The largest absolute Gasteiger partial charge is 0.393 e. The van der Waals surface area contributed by atoms with Crippen LogP contribution in [0.2, 0.25) is 5.02 Å². The average molecular weight is 267 g/mol. The summed E-state index contributed by atoms with van der Waals surface area (Å²) in [5.74, 6) is 1.05. The number of hydrogen-bond acceptors (Lipinski definition) is 3. The molecule has 98 valence electrons. The van der Waals surface area contributed by atoms with E-state index in [9.17, 15) is 5.11 Å². The second-order valence-corrected chi connectivity index (χ2v) is 5.82. The quantitative estimate of drug-likeness (QED) is 0.861. The van der Waals surface area contributed by atoms with Crippen LogP contribution in [-0.2, 0) is 6.54 Å². The fourth-order valence-electron chi connectivity index (χ4n) is 3.48. The number of fused-ring (bicyclic) bond motifs is 1. The van der Waals surface area contributed by atoms with Crippen molar-refractivity contribution in [3.05, 3.63) is 28.8 Å². The van der Waals surface area contributed by atoms with Gasteiger partial charge in [0, 0.05) is 41.8 Å². The van der Waals surface area contributed by atoms with Crippen LogP contribution in [0.25, 0.3) is 0 Å². The molecular weight excluding hydrogens is 248 g/mol. The monoisotopic (exact) mass is 266 g/mol. The van der Waals surface area contributed by atoms with Gasteiger partial charge in [-0.1, -0.05) is 17.7 Å². The van der Waals surface area contributed by atoms with Crippen molar-refractivity contribution in [2.75, 3.05) is 18.0 Å². The molecule has 4 heteroatoms. The smallest absolute Gasteiger partial charge is 0.0588 e. The molecule has 0 spiro atoms. The minimum absolute atomic E-state index is 0.125. The number of halogens is 1. The number of nitrogens with zero attached hydrogens (tertiary/aromatic N) is 1. The zero-order valence-corrected chi connectivity index (χ0v) is 11.1. The molecule has 1 aromatic rings. The third kappa shape index (κ3) is 1.91. The maximum absolute atomic E-state index is 9.97. The fourth-order valence-corrected chi connectivity index (χ4v) is 3.73. The van der Waals surface area contributed by atoms with Crippen molar-refractivity contribution in [1.29, 1.82) is 0 Å². The van der Waals surface area contributed by atoms with Gasteiger partial charge in [-0.2, -0.15) is 0 Å². The first-order valence-electron chi connectivity index (χ1n) is 6.61. The van der Waals surface area contributed by atoms with Crippen LogP contribution in [-0.4, -0.2) is 24.3 Å². The lowest BCUT2D eigenvalue weighted by Crippen LogP contribution is -2.25. The summed E-state index contributed by atoms with van der Waals surface area (Å²) < 4.78 is 0. The van der Waals surface area contributed by atoms with Gasteiger partial charge < -0.3 is 15.7 Å². The molecule has 0 amide bonds. The number of aliphatic hydroxyl groups excluding tert-OH is 1. The summed E-state index contributed by atoms with van der Waals surface area (Å²) >= 11 is 6.20. The van der Waals surface area contributed by atoms with Crippen LogP contribution in [0.4, 0.5) is 5.69 Å². The Balaban J connectivity index is 1.87. The Morgan fingerprint density at radius 1 is 1.33 bits per heavy atom. The van der Waals surface area contributed by atoms with Crippen molar-refractivity contribution < 1.29 is 5.11 Å². The molecule has 2 aliphatic rings. The normalized spacial score (nSPS) is 30.8. The van der Waals surface area contributed by atoms with Crippen molar-refractivity contribution >= 4 is 17.3 Å². The van der Waals surface area contributed by atoms with E-state index < -0.39 is 0 Å². The minimum atomic E-state index is -0.125. The topological polar surface area (TPSA) is 49.5 Å². The lowest BCUT2D eigenvalue weighted by atomic mass is 10.00. The molecule has 1 aliphatic heterocycles. The highest BCUT2D eigenvalue weighted by atomic mass is 35.5. The van der Waals surface area contributed by atoms with Gasteiger partial charge in [0.1, 0.15) is 0 Å². The van der Waals surface area contributed by atoms with Gasteiger partial charge in [-0.3, -0.25) is 0 Å². The summed E-state index contributed by atoms with van der Waals surface area (Å²) in [6, 6.07) is 5.95. The first-order valence-corrected chi connectivity index (χ1v) is 6.99. The van der Waals surface area contributed by atoms with E-state index in [1.54, 1.807) is 0 Å². The number of nitrogens with two attached hydrogens (primary N) is 1. The number of rotatable bonds is 2. The maximum atomic E-state index is 9.97. The van der Waals surface area contributed by atoms with E-state index in [-0.39, 0.29) is 6.10 Å². The van der Waals surface area contributed by atoms with Crippen molar-refractivity contribution in [2.45, 2.75) is 25.5 Å². The molecule has 3 rings (SSSR count). The molecule has 1 aliphatic carbocycles. The van der Waals surface area contributed by atoms with Gasteiger partial charge in [0.15, 0.2) is 0 Å². The van der Waals surface area contributed by atoms with Gasteiger partial charge in [0.2, 0.25) is 0 Å². The highest BCUT2D eigenvalue weighted by Gasteiger charge is 2.42. The summed E-state index contributed by atoms with van der Waals surface area (Å²) in [4.78, 5) is 2.34. The van der Waals surface area contributed by atoms with E-state index >= 15 is 0 Å². The van der Waals surface area contributed by atoms with Crippen LogP contribution in [0.5, 0.6) is 0 Å². The van der Waals surface area contributed by atoms with Gasteiger partial charge in [0.25, 0.3) is 0 Å². The highest BCUT2D eigenvalue weighted by molar-refractivity contribution is 6.31. The van der Waals surface area contributed by atoms with Crippen molar-refractivity contribution in [1.82, 2.24) is 0 Å². The first-order chi connectivity index (χ1) is 8.70. The van der Waals surface area contributed by atoms with Gasteiger partial charge in [-0.25, -0.2) is 0 Å². The fraction of sp³-hybridized carbons (Fsp3) is 0.571. The van der Waals surface area contributed by atoms with Crippen LogP contribution in [0.1, 0.15) is 18.4 Å². The highest BCUT2D eigenvalue weighted by Crippen LogP contribution is 2.41. The molecule has 1 heterocycles. The predicted molar refractivity (Wildman–Crippen MR) is 73.8 cm³/mol. The van der Waals surface area contributed by atoms with Crippen LogP contribution in [0, 0.1) is 11.8 Å². The second kappa shape index (κ2) is 4.72. The predicted octanol–water partition coefficient (Wildman–Crippen LogP) is 2.01. The summed E-state index contributed by atoms with van der Waals surface area (Å²) in [7, 11) is 0. The Kier molecular flexibility index (Phi) is 3.22.